The van der Waals surface area contributed by atoms with Gasteiger partial charge in [0.25, 0.3) is 5.56 Å². The molecule has 0 N–H and O–H groups in total. The Labute approximate surface area is 161 Å². The molecule has 2 aromatic rings. The van der Waals surface area contributed by atoms with E-state index in [1.165, 1.54) is 11.8 Å². The Morgan fingerprint density at radius 3 is 2.77 bits per heavy atom. The van der Waals surface area contributed by atoms with Gasteiger partial charge in [-0.05, 0) is 25.5 Å². The normalized spacial score (nSPS) is 17.0. The number of carbonyl (C=O) groups excluding carboxylic acids is 1. The predicted molar refractivity (Wildman–Crippen MR) is 105 cm³/mol. The van der Waals surface area contributed by atoms with Crippen molar-refractivity contribution in [3.8, 4) is 5.69 Å². The number of para-hydroxylation sites is 1. The van der Waals surface area contributed by atoms with Crippen LogP contribution in [0.1, 0.15) is 32.9 Å². The Morgan fingerprint density at radius 2 is 2.12 bits per heavy atom. The average molecular weight is 391 g/mol. The molecule has 0 fully saturated rings. The van der Waals surface area contributed by atoms with Crippen molar-refractivity contribution in [2.24, 2.45) is 0 Å². The molecule has 0 unspecified atom stereocenters. The highest BCUT2D eigenvalue weighted by Gasteiger charge is 2.29. The summed E-state index contributed by atoms with van der Waals surface area (Å²) in [5.41, 5.74) is 1.53. The number of fused-ring (bicyclic) bond motifs is 1. The molecule has 0 radical (unpaired) electrons. The van der Waals surface area contributed by atoms with Crippen molar-refractivity contribution in [1.82, 2.24) is 9.55 Å². The number of esters is 1. The van der Waals surface area contributed by atoms with Gasteiger partial charge in [-0.15, -0.1) is 11.8 Å². The van der Waals surface area contributed by atoms with Crippen molar-refractivity contribution < 1.29 is 9.53 Å². The second kappa shape index (κ2) is 8.31. The van der Waals surface area contributed by atoms with Crippen molar-refractivity contribution in [2.75, 3.05) is 6.61 Å². The highest BCUT2D eigenvalue weighted by Crippen LogP contribution is 2.36. The molecule has 2 heterocycles. The third-order valence-electron chi connectivity index (χ3n) is 4.06. The van der Waals surface area contributed by atoms with Gasteiger partial charge in [0.15, 0.2) is 5.16 Å². The standard InChI is InChI=1S/C19H22N2O3S2/c1-4-15(18(23)24-5-2)26-19-20-14-11-12(3)25-16(14)17(22)21(19)13-9-7-6-8-10-13/h6-10,12,15H,4-5,11H2,1-3H3/t12-,15-/m1/s1. The molecule has 0 saturated carbocycles. The predicted octanol–water partition coefficient (Wildman–Crippen LogP) is 3.70. The first-order valence-corrected chi connectivity index (χ1v) is 10.5. The van der Waals surface area contributed by atoms with E-state index in [0.29, 0.717) is 23.4 Å². The molecule has 5 nitrogen and oxygen atoms in total. The van der Waals surface area contributed by atoms with Crippen LogP contribution in [-0.4, -0.2) is 32.6 Å². The molecule has 0 aliphatic carbocycles. The van der Waals surface area contributed by atoms with Crippen LogP contribution >= 0.6 is 23.5 Å². The fraction of sp³-hybridized carbons (Fsp3) is 0.421. The summed E-state index contributed by atoms with van der Waals surface area (Å²) in [7, 11) is 0. The maximum atomic E-state index is 13.2. The quantitative estimate of drug-likeness (QED) is 0.426. The highest BCUT2D eigenvalue weighted by molar-refractivity contribution is 8.00. The fourth-order valence-corrected chi connectivity index (χ4v) is 4.99. The van der Waals surface area contributed by atoms with Crippen LogP contribution in [0.4, 0.5) is 0 Å². The summed E-state index contributed by atoms with van der Waals surface area (Å²) < 4.78 is 6.80. The van der Waals surface area contributed by atoms with E-state index in [1.807, 2.05) is 37.3 Å². The Balaban J connectivity index is 2.09. The van der Waals surface area contributed by atoms with E-state index in [4.69, 9.17) is 9.72 Å². The van der Waals surface area contributed by atoms with E-state index in [1.54, 1.807) is 23.3 Å². The van der Waals surface area contributed by atoms with Crippen LogP contribution in [0.3, 0.4) is 0 Å². The molecule has 2 atom stereocenters. The van der Waals surface area contributed by atoms with Crippen LogP contribution in [-0.2, 0) is 16.0 Å². The van der Waals surface area contributed by atoms with Crippen molar-refractivity contribution >= 4 is 29.5 Å². The minimum Gasteiger partial charge on any atom is -0.465 e. The van der Waals surface area contributed by atoms with E-state index >= 15 is 0 Å². The molecule has 0 amide bonds. The molecule has 7 heteroatoms. The van der Waals surface area contributed by atoms with E-state index in [-0.39, 0.29) is 16.8 Å². The third-order valence-corrected chi connectivity index (χ3v) is 6.57. The van der Waals surface area contributed by atoms with Crippen molar-refractivity contribution in [3.05, 3.63) is 46.4 Å². The van der Waals surface area contributed by atoms with Gasteiger partial charge in [-0.2, -0.15) is 0 Å². The minimum atomic E-state index is -0.388. The lowest BCUT2D eigenvalue weighted by Gasteiger charge is -2.17. The van der Waals surface area contributed by atoms with Gasteiger partial charge >= 0.3 is 5.97 Å². The molecule has 3 rings (SSSR count). The second-order valence-electron chi connectivity index (χ2n) is 6.05. The van der Waals surface area contributed by atoms with Gasteiger partial charge in [-0.3, -0.25) is 14.2 Å². The smallest absolute Gasteiger partial charge is 0.319 e. The molecule has 1 aromatic carbocycles. The SMILES string of the molecule is CCOC(=O)[C@@H](CC)Sc1nc2c(c(=O)n1-c1ccccc1)S[C@H](C)C2. The summed E-state index contributed by atoms with van der Waals surface area (Å²) in [6, 6.07) is 9.46. The molecule has 1 aliphatic heterocycles. The first-order chi connectivity index (χ1) is 12.5. The summed E-state index contributed by atoms with van der Waals surface area (Å²) in [4.78, 5) is 30.9. The molecule has 1 aromatic heterocycles. The first kappa shape index (κ1) is 19.0. The largest absolute Gasteiger partial charge is 0.465 e. The first-order valence-electron chi connectivity index (χ1n) is 8.76. The minimum absolute atomic E-state index is 0.0586. The van der Waals surface area contributed by atoms with Crippen LogP contribution < -0.4 is 5.56 Å². The van der Waals surface area contributed by atoms with Crippen LogP contribution in [0.25, 0.3) is 5.69 Å². The molecular formula is C19H22N2O3S2. The number of benzene rings is 1. The number of aromatic nitrogens is 2. The third kappa shape index (κ3) is 3.83. The fourth-order valence-electron chi connectivity index (χ4n) is 2.84. The van der Waals surface area contributed by atoms with Gasteiger partial charge in [0, 0.05) is 11.7 Å². The number of hydrogen-bond acceptors (Lipinski definition) is 6. The number of nitrogens with zero attached hydrogens (tertiary/aromatic N) is 2. The van der Waals surface area contributed by atoms with Gasteiger partial charge in [0.1, 0.15) is 5.25 Å². The van der Waals surface area contributed by atoms with Crippen LogP contribution in [0.2, 0.25) is 0 Å². The van der Waals surface area contributed by atoms with Gasteiger partial charge in [0.2, 0.25) is 0 Å². The average Bonchev–Trinajstić information content (AvgIpc) is 3.01. The number of ether oxygens (including phenoxy) is 1. The Morgan fingerprint density at radius 1 is 1.38 bits per heavy atom. The highest BCUT2D eigenvalue weighted by atomic mass is 32.2. The number of hydrogen-bond donors (Lipinski definition) is 0. The van der Waals surface area contributed by atoms with E-state index in [9.17, 15) is 9.59 Å². The summed E-state index contributed by atoms with van der Waals surface area (Å²) in [5, 5.41) is 0.498. The maximum Gasteiger partial charge on any atom is 0.319 e. The molecule has 0 saturated heterocycles. The zero-order valence-corrected chi connectivity index (χ0v) is 16.7. The maximum absolute atomic E-state index is 13.2. The van der Waals surface area contributed by atoms with Gasteiger partial charge in [0.05, 0.1) is 22.9 Å². The van der Waals surface area contributed by atoms with Crippen LogP contribution in [0, 0.1) is 0 Å². The zero-order chi connectivity index (χ0) is 18.7. The lowest BCUT2D eigenvalue weighted by atomic mass is 10.2. The summed E-state index contributed by atoms with van der Waals surface area (Å²) in [6.07, 6.45) is 1.38. The summed E-state index contributed by atoms with van der Waals surface area (Å²) >= 11 is 2.89. The van der Waals surface area contributed by atoms with Gasteiger partial charge in [-0.1, -0.05) is 43.8 Å². The van der Waals surface area contributed by atoms with Gasteiger partial charge < -0.3 is 4.74 Å². The Hall–Kier alpha value is -1.73. The topological polar surface area (TPSA) is 61.2 Å². The second-order valence-corrected chi connectivity index (χ2v) is 8.66. The molecule has 26 heavy (non-hydrogen) atoms. The van der Waals surface area contributed by atoms with Crippen LogP contribution in [0.5, 0.6) is 0 Å². The Bertz CT molecular complexity index is 852. The number of carbonyl (C=O) groups is 1. The lowest BCUT2D eigenvalue weighted by molar-refractivity contribution is -0.142. The number of rotatable bonds is 6. The van der Waals surface area contributed by atoms with E-state index in [0.717, 1.165) is 22.7 Å². The zero-order valence-electron chi connectivity index (χ0n) is 15.1. The molecular weight excluding hydrogens is 368 g/mol. The molecule has 1 aliphatic rings. The van der Waals surface area contributed by atoms with Crippen molar-refractivity contribution in [2.45, 2.75) is 54.2 Å². The Kier molecular flexibility index (Phi) is 6.09. The molecule has 0 bridgehead atoms. The van der Waals surface area contributed by atoms with Gasteiger partial charge in [-0.25, -0.2) is 4.98 Å². The molecule has 138 valence electrons. The van der Waals surface area contributed by atoms with E-state index < -0.39 is 0 Å². The van der Waals surface area contributed by atoms with Crippen molar-refractivity contribution in [3.63, 3.8) is 0 Å². The van der Waals surface area contributed by atoms with E-state index in [2.05, 4.69) is 6.92 Å². The van der Waals surface area contributed by atoms with Crippen LogP contribution in [0.15, 0.2) is 45.2 Å². The molecule has 0 spiro atoms. The summed E-state index contributed by atoms with van der Waals surface area (Å²) in [5.74, 6) is -0.267. The number of thioether (sulfide) groups is 2. The monoisotopic (exact) mass is 390 g/mol. The van der Waals surface area contributed by atoms with Crippen molar-refractivity contribution in [1.29, 1.82) is 0 Å². The summed E-state index contributed by atoms with van der Waals surface area (Å²) in [6.45, 7) is 6.17. The lowest BCUT2D eigenvalue weighted by Crippen LogP contribution is -2.26.